The number of hydrogen-bond donors (Lipinski definition) is 2. The molecule has 1 aromatic carbocycles. The molecule has 0 aromatic heterocycles. The van der Waals surface area contributed by atoms with Crippen LogP contribution in [0.15, 0.2) is 35.2 Å². The van der Waals surface area contributed by atoms with Crippen molar-refractivity contribution in [2.75, 3.05) is 0 Å². The van der Waals surface area contributed by atoms with Crippen LogP contribution in [0.5, 0.6) is 0 Å². The number of carboxylic acids is 1. The van der Waals surface area contributed by atoms with Crippen molar-refractivity contribution in [3.8, 4) is 0 Å². The van der Waals surface area contributed by atoms with Gasteiger partial charge in [0.25, 0.3) is 0 Å². The van der Waals surface area contributed by atoms with Gasteiger partial charge in [0.1, 0.15) is 0 Å². The number of sulfonamides is 1. The van der Waals surface area contributed by atoms with E-state index in [9.17, 15) is 13.2 Å². The van der Waals surface area contributed by atoms with Crippen LogP contribution < -0.4 is 5.14 Å². The van der Waals surface area contributed by atoms with Gasteiger partial charge in [-0.2, -0.15) is 0 Å². The zero-order valence-corrected chi connectivity index (χ0v) is 8.44. The van der Waals surface area contributed by atoms with Gasteiger partial charge in [-0.05, 0) is 23.8 Å². The zero-order chi connectivity index (χ0) is 11.5. The lowest BCUT2D eigenvalue weighted by Crippen LogP contribution is -2.11. The fourth-order valence-electron chi connectivity index (χ4n) is 0.936. The van der Waals surface area contributed by atoms with Gasteiger partial charge in [-0.25, -0.2) is 18.4 Å². The summed E-state index contributed by atoms with van der Waals surface area (Å²) in [7, 11) is -3.69. The first-order chi connectivity index (χ1) is 6.89. The van der Waals surface area contributed by atoms with Crippen molar-refractivity contribution in [2.24, 2.45) is 5.14 Å². The standard InChI is InChI=1S/C9H9NO4S/c10-15(13,14)8-4-1-7(2-5-8)3-6-9(11)12/h1-6H,(H,11,12)(H2,10,13,14). The summed E-state index contributed by atoms with van der Waals surface area (Å²) in [6.45, 7) is 0. The van der Waals surface area contributed by atoms with Crippen LogP contribution >= 0.6 is 0 Å². The van der Waals surface area contributed by atoms with Crippen molar-refractivity contribution in [3.05, 3.63) is 35.9 Å². The highest BCUT2D eigenvalue weighted by atomic mass is 32.2. The lowest BCUT2D eigenvalue weighted by molar-refractivity contribution is -0.131. The summed E-state index contributed by atoms with van der Waals surface area (Å²) in [6, 6.07) is 5.58. The maximum atomic E-state index is 10.9. The van der Waals surface area contributed by atoms with E-state index in [1.807, 2.05) is 0 Å². The number of rotatable bonds is 3. The van der Waals surface area contributed by atoms with Crippen LogP contribution in [-0.4, -0.2) is 19.5 Å². The van der Waals surface area contributed by atoms with Crippen molar-refractivity contribution in [1.82, 2.24) is 0 Å². The lowest BCUT2D eigenvalue weighted by Gasteiger charge is -1.97. The molecule has 1 aromatic rings. The Morgan fingerprint density at radius 2 is 1.80 bits per heavy atom. The van der Waals surface area contributed by atoms with Crippen molar-refractivity contribution in [2.45, 2.75) is 4.90 Å². The van der Waals surface area contributed by atoms with Crippen molar-refractivity contribution in [3.63, 3.8) is 0 Å². The predicted molar refractivity (Wildman–Crippen MR) is 54.5 cm³/mol. The van der Waals surface area contributed by atoms with Gasteiger partial charge < -0.3 is 5.11 Å². The molecule has 6 heteroatoms. The number of carboxylic acid groups (broad SMARTS) is 1. The third kappa shape index (κ3) is 3.53. The third-order valence-corrected chi connectivity index (χ3v) is 2.56. The second kappa shape index (κ2) is 4.24. The zero-order valence-electron chi connectivity index (χ0n) is 7.62. The lowest BCUT2D eigenvalue weighted by atomic mass is 10.2. The molecule has 0 bridgehead atoms. The van der Waals surface area contributed by atoms with Gasteiger partial charge >= 0.3 is 5.97 Å². The first kappa shape index (κ1) is 11.4. The van der Waals surface area contributed by atoms with Gasteiger partial charge in [0.15, 0.2) is 0 Å². The Labute approximate surface area is 86.9 Å². The molecule has 0 heterocycles. The van der Waals surface area contributed by atoms with Crippen LogP contribution in [0.25, 0.3) is 6.08 Å². The molecule has 0 saturated heterocycles. The molecule has 0 saturated carbocycles. The summed E-state index contributed by atoms with van der Waals surface area (Å²) in [5.74, 6) is -1.06. The largest absolute Gasteiger partial charge is 0.478 e. The molecule has 1 rings (SSSR count). The number of carbonyl (C=O) groups is 1. The molecule has 0 fully saturated rings. The Bertz CT molecular complexity index is 487. The molecule has 0 spiro atoms. The SMILES string of the molecule is NS(=O)(=O)c1ccc(C=CC(=O)O)cc1. The first-order valence-electron chi connectivity index (χ1n) is 3.93. The van der Waals surface area contributed by atoms with E-state index < -0.39 is 16.0 Å². The summed E-state index contributed by atoms with van der Waals surface area (Å²) < 4.78 is 21.8. The van der Waals surface area contributed by atoms with Gasteiger partial charge in [-0.1, -0.05) is 12.1 Å². The minimum absolute atomic E-state index is 0.00465. The van der Waals surface area contributed by atoms with Crippen LogP contribution in [0.3, 0.4) is 0 Å². The van der Waals surface area contributed by atoms with Crippen LogP contribution in [0.4, 0.5) is 0 Å². The second-order valence-corrected chi connectivity index (χ2v) is 4.35. The summed E-state index contributed by atoms with van der Waals surface area (Å²) >= 11 is 0. The van der Waals surface area contributed by atoms with Gasteiger partial charge in [0.05, 0.1) is 4.90 Å². The number of nitrogens with two attached hydrogens (primary N) is 1. The number of benzene rings is 1. The predicted octanol–water partition coefficient (Wildman–Crippen LogP) is 0.432. The van der Waals surface area contributed by atoms with Crippen molar-refractivity contribution < 1.29 is 18.3 Å². The van der Waals surface area contributed by atoms with Crippen LogP contribution in [-0.2, 0) is 14.8 Å². The van der Waals surface area contributed by atoms with E-state index in [0.29, 0.717) is 5.56 Å². The maximum Gasteiger partial charge on any atom is 0.328 e. The van der Waals surface area contributed by atoms with Gasteiger partial charge in [-0.15, -0.1) is 0 Å². The number of aliphatic carboxylic acids is 1. The van der Waals surface area contributed by atoms with E-state index in [2.05, 4.69) is 0 Å². The van der Waals surface area contributed by atoms with Crippen molar-refractivity contribution in [1.29, 1.82) is 0 Å². The minimum Gasteiger partial charge on any atom is -0.478 e. The Balaban J connectivity index is 2.96. The Morgan fingerprint density at radius 1 is 1.27 bits per heavy atom. The van der Waals surface area contributed by atoms with Gasteiger partial charge in [0.2, 0.25) is 10.0 Å². The highest BCUT2D eigenvalue weighted by Gasteiger charge is 2.05. The molecule has 5 nitrogen and oxygen atoms in total. The second-order valence-electron chi connectivity index (χ2n) is 2.79. The Kier molecular flexibility index (Phi) is 3.23. The normalized spacial score (nSPS) is 11.8. The molecule has 3 N–H and O–H groups in total. The van der Waals surface area contributed by atoms with Crippen LogP contribution in [0.1, 0.15) is 5.56 Å². The molecule has 0 aliphatic carbocycles. The molecule has 0 amide bonds. The average Bonchev–Trinajstić information content (AvgIpc) is 2.14. The molecule has 80 valence electrons. The third-order valence-electron chi connectivity index (χ3n) is 1.63. The molecule has 0 radical (unpaired) electrons. The van der Waals surface area contributed by atoms with E-state index >= 15 is 0 Å². The van der Waals surface area contributed by atoms with Crippen molar-refractivity contribution >= 4 is 22.1 Å². The average molecular weight is 227 g/mol. The van der Waals surface area contributed by atoms with Gasteiger partial charge in [-0.3, -0.25) is 0 Å². The molecule has 0 aliphatic heterocycles. The van der Waals surface area contributed by atoms with E-state index in [0.717, 1.165) is 6.08 Å². The Hall–Kier alpha value is -1.66. The molecule has 0 atom stereocenters. The summed E-state index contributed by atoms with van der Waals surface area (Å²) in [5.41, 5.74) is 0.588. The van der Waals surface area contributed by atoms with Crippen LogP contribution in [0.2, 0.25) is 0 Å². The fraction of sp³-hybridized carbons (Fsp3) is 0. The number of hydrogen-bond acceptors (Lipinski definition) is 3. The summed E-state index contributed by atoms with van der Waals surface area (Å²) in [4.78, 5) is 10.2. The van der Waals surface area contributed by atoms with E-state index in [1.54, 1.807) is 0 Å². The van der Waals surface area contributed by atoms with E-state index in [1.165, 1.54) is 30.3 Å². The first-order valence-corrected chi connectivity index (χ1v) is 5.48. The monoisotopic (exact) mass is 227 g/mol. The summed E-state index contributed by atoms with van der Waals surface area (Å²) in [5, 5.41) is 13.2. The highest BCUT2D eigenvalue weighted by Crippen LogP contribution is 2.09. The molecule has 15 heavy (non-hydrogen) atoms. The van der Waals surface area contributed by atoms with Crippen LogP contribution in [0, 0.1) is 0 Å². The Morgan fingerprint density at radius 3 is 2.20 bits per heavy atom. The number of primary sulfonamides is 1. The smallest absolute Gasteiger partial charge is 0.328 e. The molecular weight excluding hydrogens is 218 g/mol. The topological polar surface area (TPSA) is 97.5 Å². The summed E-state index contributed by atoms with van der Waals surface area (Å²) in [6.07, 6.45) is 2.32. The van der Waals surface area contributed by atoms with E-state index in [4.69, 9.17) is 10.2 Å². The quantitative estimate of drug-likeness (QED) is 0.732. The minimum atomic E-state index is -3.69. The molecular formula is C9H9NO4S. The molecule has 0 aliphatic rings. The molecule has 0 unspecified atom stereocenters. The van der Waals surface area contributed by atoms with Gasteiger partial charge in [0, 0.05) is 6.08 Å². The fourth-order valence-corrected chi connectivity index (χ4v) is 1.45. The maximum absolute atomic E-state index is 10.9. The van der Waals surface area contributed by atoms with E-state index in [-0.39, 0.29) is 4.90 Å². The highest BCUT2D eigenvalue weighted by molar-refractivity contribution is 7.89.